The average Bonchev–Trinajstić information content (AvgIpc) is 1.80. The first-order valence-corrected chi connectivity index (χ1v) is 3.04. The molecule has 0 bridgehead atoms. The molecule has 4 heteroatoms. The third kappa shape index (κ3) is 7.27. The molecule has 1 atom stereocenters. The van der Waals surface area contributed by atoms with Crippen LogP contribution in [-0.2, 0) is 0 Å². The van der Waals surface area contributed by atoms with Crippen molar-refractivity contribution in [1.82, 2.24) is 0 Å². The Morgan fingerprint density at radius 3 is 2.89 bits per heavy atom. The van der Waals surface area contributed by atoms with Crippen LogP contribution in [0.4, 0.5) is 0 Å². The Labute approximate surface area is 54.7 Å². The number of nitrogens with zero attached hydrogens (tertiary/aromatic N) is 3. The average molecular weight is 128 g/mol. The van der Waals surface area contributed by atoms with Gasteiger partial charge in [0, 0.05) is 17.5 Å². The van der Waals surface area contributed by atoms with Crippen molar-refractivity contribution in [2.45, 2.75) is 25.8 Å². The van der Waals surface area contributed by atoms with Gasteiger partial charge in [-0.15, -0.1) is 0 Å². The quantitative estimate of drug-likeness (QED) is 0.264. The van der Waals surface area contributed by atoms with Crippen LogP contribution in [0.5, 0.6) is 0 Å². The highest BCUT2D eigenvalue weighted by atomic mass is 15.1. The lowest BCUT2D eigenvalue weighted by Crippen LogP contribution is -2.14. The van der Waals surface area contributed by atoms with Crippen LogP contribution in [0.15, 0.2) is 5.11 Å². The highest BCUT2D eigenvalue weighted by molar-refractivity contribution is 4.54. The van der Waals surface area contributed by atoms with Gasteiger partial charge in [-0.05, 0) is 25.3 Å². The zero-order valence-electron chi connectivity index (χ0n) is 5.62. The molecule has 52 valence electrons. The normalized spacial score (nSPS) is 12.2. The summed E-state index contributed by atoms with van der Waals surface area (Å²) in [5.74, 6) is 0. The van der Waals surface area contributed by atoms with Crippen molar-refractivity contribution in [1.29, 1.82) is 0 Å². The predicted molar refractivity (Wildman–Crippen MR) is 36.9 cm³/mol. The van der Waals surface area contributed by atoms with E-state index in [-0.39, 0.29) is 6.04 Å². The molecule has 0 saturated carbocycles. The summed E-state index contributed by atoms with van der Waals surface area (Å²) >= 11 is 0. The van der Waals surface area contributed by atoms with Crippen molar-refractivity contribution in [3.05, 3.63) is 10.4 Å². The van der Waals surface area contributed by atoms with E-state index >= 15 is 0 Å². The minimum atomic E-state index is 0.221. The molecule has 0 amide bonds. The smallest absolute Gasteiger partial charge is 0.0258 e. The first kappa shape index (κ1) is 8.27. The Kier molecular flexibility index (Phi) is 4.97. The molecule has 0 heterocycles. The lowest BCUT2D eigenvalue weighted by molar-refractivity contribution is 0.630. The maximum Gasteiger partial charge on any atom is 0.0258 e. The Balaban J connectivity index is 3.00. The third-order valence-corrected chi connectivity index (χ3v) is 0.981. The van der Waals surface area contributed by atoms with Gasteiger partial charge in [-0.25, -0.2) is 0 Å². The lowest BCUT2D eigenvalue weighted by atomic mass is 10.2. The van der Waals surface area contributed by atoms with Gasteiger partial charge in [0.25, 0.3) is 0 Å². The molecule has 1 unspecified atom stereocenters. The number of rotatable bonds is 4. The van der Waals surface area contributed by atoms with Crippen molar-refractivity contribution in [2.24, 2.45) is 10.8 Å². The van der Waals surface area contributed by atoms with Gasteiger partial charge >= 0.3 is 0 Å². The van der Waals surface area contributed by atoms with E-state index in [1.165, 1.54) is 0 Å². The largest absolute Gasteiger partial charge is 0.328 e. The fraction of sp³-hybridized carbons (Fsp3) is 1.00. The van der Waals surface area contributed by atoms with E-state index in [1.807, 2.05) is 6.92 Å². The summed E-state index contributed by atoms with van der Waals surface area (Å²) < 4.78 is 0. The van der Waals surface area contributed by atoms with Crippen molar-refractivity contribution < 1.29 is 0 Å². The van der Waals surface area contributed by atoms with Crippen LogP contribution in [0.3, 0.4) is 0 Å². The van der Waals surface area contributed by atoms with Gasteiger partial charge < -0.3 is 5.73 Å². The number of hydrogen-bond donors (Lipinski definition) is 1. The van der Waals surface area contributed by atoms with E-state index < -0.39 is 0 Å². The Hall–Kier alpha value is -0.730. The first-order valence-electron chi connectivity index (χ1n) is 3.04. The molecule has 0 aromatic carbocycles. The maximum absolute atomic E-state index is 7.86. The third-order valence-electron chi connectivity index (χ3n) is 0.981. The van der Waals surface area contributed by atoms with Gasteiger partial charge in [0.2, 0.25) is 0 Å². The second-order valence-corrected chi connectivity index (χ2v) is 2.07. The van der Waals surface area contributed by atoms with E-state index in [0.29, 0.717) is 6.54 Å². The minimum Gasteiger partial charge on any atom is -0.328 e. The molecule has 0 aromatic heterocycles. The first-order chi connectivity index (χ1) is 4.27. The molecule has 0 saturated heterocycles. The molecule has 0 fully saturated rings. The Morgan fingerprint density at radius 1 is 1.78 bits per heavy atom. The predicted octanol–water partition coefficient (Wildman–Crippen LogP) is 1.42. The van der Waals surface area contributed by atoms with Gasteiger partial charge in [0.1, 0.15) is 0 Å². The molecule has 0 aliphatic carbocycles. The second-order valence-electron chi connectivity index (χ2n) is 2.07. The van der Waals surface area contributed by atoms with E-state index in [2.05, 4.69) is 10.0 Å². The highest BCUT2D eigenvalue weighted by Crippen LogP contribution is 1.92. The fourth-order valence-electron chi connectivity index (χ4n) is 0.529. The van der Waals surface area contributed by atoms with Crippen LogP contribution in [0.1, 0.15) is 19.8 Å². The van der Waals surface area contributed by atoms with Crippen LogP contribution in [0.25, 0.3) is 10.4 Å². The van der Waals surface area contributed by atoms with Gasteiger partial charge in [0.15, 0.2) is 0 Å². The molecular weight excluding hydrogens is 116 g/mol. The maximum atomic E-state index is 7.86. The summed E-state index contributed by atoms with van der Waals surface area (Å²) in [4.78, 5) is 2.62. The van der Waals surface area contributed by atoms with Crippen molar-refractivity contribution in [2.75, 3.05) is 6.54 Å². The van der Waals surface area contributed by atoms with Gasteiger partial charge in [-0.1, -0.05) is 5.11 Å². The summed E-state index contributed by atoms with van der Waals surface area (Å²) in [5, 5.41) is 3.37. The Bertz CT molecular complexity index is 104. The highest BCUT2D eigenvalue weighted by Gasteiger charge is 1.90. The van der Waals surface area contributed by atoms with Gasteiger partial charge in [-0.3, -0.25) is 0 Å². The zero-order valence-corrected chi connectivity index (χ0v) is 5.62. The molecule has 0 rings (SSSR count). The molecule has 9 heavy (non-hydrogen) atoms. The molecule has 0 spiro atoms. The van der Waals surface area contributed by atoms with Crippen LogP contribution >= 0.6 is 0 Å². The summed E-state index contributed by atoms with van der Waals surface area (Å²) in [6, 6.07) is 0.221. The second kappa shape index (κ2) is 5.41. The van der Waals surface area contributed by atoms with E-state index in [1.54, 1.807) is 0 Å². The standard InChI is InChI=1S/C5H12N4/c1-5(6)3-2-4-8-9-7/h5H,2-4,6H2,1H3. The monoisotopic (exact) mass is 128 g/mol. The van der Waals surface area contributed by atoms with Gasteiger partial charge in [-0.2, -0.15) is 0 Å². The van der Waals surface area contributed by atoms with Crippen molar-refractivity contribution in [3.8, 4) is 0 Å². The summed E-state index contributed by atoms with van der Waals surface area (Å²) in [7, 11) is 0. The minimum absolute atomic E-state index is 0.221. The van der Waals surface area contributed by atoms with Crippen LogP contribution < -0.4 is 5.73 Å². The van der Waals surface area contributed by atoms with E-state index in [9.17, 15) is 0 Å². The lowest BCUT2D eigenvalue weighted by Gasteiger charge is -1.99. The molecule has 0 aliphatic heterocycles. The van der Waals surface area contributed by atoms with Crippen LogP contribution in [0, 0.1) is 0 Å². The van der Waals surface area contributed by atoms with Crippen molar-refractivity contribution in [3.63, 3.8) is 0 Å². The molecule has 0 aromatic rings. The van der Waals surface area contributed by atoms with Crippen molar-refractivity contribution >= 4 is 0 Å². The summed E-state index contributed by atoms with van der Waals surface area (Å²) in [5.41, 5.74) is 13.3. The van der Waals surface area contributed by atoms with Gasteiger partial charge in [0.05, 0.1) is 0 Å². The van der Waals surface area contributed by atoms with E-state index in [0.717, 1.165) is 12.8 Å². The SMILES string of the molecule is CC(N)CCCN=[N+]=[N-]. The number of hydrogen-bond acceptors (Lipinski definition) is 2. The zero-order chi connectivity index (χ0) is 7.11. The molecule has 0 aliphatic rings. The number of nitrogens with two attached hydrogens (primary N) is 1. The molecule has 0 radical (unpaired) electrons. The topological polar surface area (TPSA) is 74.8 Å². The van der Waals surface area contributed by atoms with E-state index in [4.69, 9.17) is 11.3 Å². The summed E-state index contributed by atoms with van der Waals surface area (Å²) in [6.07, 6.45) is 1.82. The molecular formula is C5H12N4. The molecule has 2 N–H and O–H groups in total. The fourth-order valence-corrected chi connectivity index (χ4v) is 0.529. The molecule has 4 nitrogen and oxygen atoms in total. The van der Waals surface area contributed by atoms with Crippen LogP contribution in [0.2, 0.25) is 0 Å². The number of azide groups is 1. The summed E-state index contributed by atoms with van der Waals surface area (Å²) in [6.45, 7) is 2.51. The van der Waals surface area contributed by atoms with Crippen LogP contribution in [-0.4, -0.2) is 12.6 Å². The Morgan fingerprint density at radius 2 is 2.44 bits per heavy atom.